The molecule has 2 aromatic rings. The van der Waals surface area contributed by atoms with Crippen molar-refractivity contribution >= 4 is 11.6 Å². The number of nitrogens with two attached hydrogens (primary N) is 1. The molecule has 96 valence electrons. The Hall–Kier alpha value is -1.36. The number of rotatable bonds is 4. The summed E-state index contributed by atoms with van der Waals surface area (Å²) in [5.74, 6) is 5.60. The van der Waals surface area contributed by atoms with Gasteiger partial charge in [-0.15, -0.1) is 0 Å². The molecule has 0 saturated carbocycles. The molecule has 0 amide bonds. The van der Waals surface area contributed by atoms with Crippen LogP contribution in [0.3, 0.4) is 0 Å². The maximum Gasteiger partial charge on any atom is 0.0810 e. The van der Waals surface area contributed by atoms with Crippen LogP contribution < -0.4 is 11.3 Å². The van der Waals surface area contributed by atoms with E-state index < -0.39 is 0 Å². The highest BCUT2D eigenvalue weighted by molar-refractivity contribution is 6.31. The zero-order valence-electron chi connectivity index (χ0n) is 10.5. The molecule has 0 aliphatic carbocycles. The summed E-state index contributed by atoms with van der Waals surface area (Å²) in [6.07, 6.45) is 2.61. The van der Waals surface area contributed by atoms with Crippen molar-refractivity contribution in [2.75, 3.05) is 0 Å². The summed E-state index contributed by atoms with van der Waals surface area (Å²) in [7, 11) is 1.88. The first kappa shape index (κ1) is 13.1. The Balaban J connectivity index is 2.20. The van der Waals surface area contributed by atoms with Gasteiger partial charge in [0, 0.05) is 18.3 Å². The molecule has 0 aliphatic rings. The van der Waals surface area contributed by atoms with Crippen molar-refractivity contribution in [3.05, 3.63) is 52.3 Å². The summed E-state index contributed by atoms with van der Waals surface area (Å²) in [5.41, 5.74) is 5.92. The van der Waals surface area contributed by atoms with E-state index in [0.717, 1.165) is 21.8 Å². The van der Waals surface area contributed by atoms with E-state index in [1.807, 2.05) is 44.4 Å². The zero-order chi connectivity index (χ0) is 13.1. The molecule has 0 fully saturated rings. The van der Waals surface area contributed by atoms with Crippen LogP contribution in [0.1, 0.15) is 22.9 Å². The van der Waals surface area contributed by atoms with Gasteiger partial charge in [0.1, 0.15) is 0 Å². The van der Waals surface area contributed by atoms with Gasteiger partial charge in [0.05, 0.1) is 11.7 Å². The summed E-state index contributed by atoms with van der Waals surface area (Å²) in [6.45, 7) is 2.02. The predicted octanol–water partition coefficient (Wildman–Crippen LogP) is 2.13. The van der Waals surface area contributed by atoms with Crippen LogP contribution in [0.4, 0.5) is 0 Å². The standard InChI is InChI=1S/C13H17ClN4/c1-9-3-4-10(11(14)7-9)8-13(16-15)12-5-6-18(2)17-12/h3-7,13,16H,8,15H2,1-2H3. The van der Waals surface area contributed by atoms with Crippen molar-refractivity contribution < 1.29 is 0 Å². The van der Waals surface area contributed by atoms with Crippen LogP contribution in [0.25, 0.3) is 0 Å². The first-order valence-corrected chi connectivity index (χ1v) is 6.18. The van der Waals surface area contributed by atoms with Crippen LogP contribution in [0.2, 0.25) is 5.02 Å². The van der Waals surface area contributed by atoms with Crippen LogP contribution in [0.15, 0.2) is 30.5 Å². The molecule has 1 aromatic carbocycles. The third-order valence-electron chi connectivity index (χ3n) is 2.93. The number of halogens is 1. The molecule has 1 unspecified atom stereocenters. The number of hydrogen-bond donors (Lipinski definition) is 2. The fraction of sp³-hybridized carbons (Fsp3) is 0.308. The Kier molecular flexibility index (Phi) is 4.01. The first-order chi connectivity index (χ1) is 8.60. The molecule has 0 spiro atoms. The second-order valence-electron chi connectivity index (χ2n) is 4.43. The lowest BCUT2D eigenvalue weighted by Gasteiger charge is -2.14. The van der Waals surface area contributed by atoms with E-state index in [-0.39, 0.29) is 6.04 Å². The fourth-order valence-electron chi connectivity index (χ4n) is 1.91. The van der Waals surface area contributed by atoms with Gasteiger partial charge < -0.3 is 0 Å². The van der Waals surface area contributed by atoms with Crippen LogP contribution in [-0.2, 0) is 13.5 Å². The molecule has 0 saturated heterocycles. The van der Waals surface area contributed by atoms with Gasteiger partial charge in [-0.3, -0.25) is 16.0 Å². The van der Waals surface area contributed by atoms with Crippen molar-refractivity contribution in [2.24, 2.45) is 12.9 Å². The molecular weight excluding hydrogens is 248 g/mol. The summed E-state index contributed by atoms with van der Waals surface area (Å²) in [5, 5.41) is 5.13. The maximum atomic E-state index is 6.23. The third kappa shape index (κ3) is 2.90. The van der Waals surface area contributed by atoms with E-state index in [0.29, 0.717) is 6.42 Å². The molecule has 1 atom stereocenters. The highest BCUT2D eigenvalue weighted by Crippen LogP contribution is 2.23. The minimum Gasteiger partial charge on any atom is -0.275 e. The van der Waals surface area contributed by atoms with Crippen LogP contribution >= 0.6 is 11.6 Å². The van der Waals surface area contributed by atoms with Crippen molar-refractivity contribution in [1.82, 2.24) is 15.2 Å². The normalized spacial score (nSPS) is 12.7. The van der Waals surface area contributed by atoms with Gasteiger partial charge >= 0.3 is 0 Å². The van der Waals surface area contributed by atoms with Crippen molar-refractivity contribution in [3.8, 4) is 0 Å². The number of hydrazine groups is 1. The topological polar surface area (TPSA) is 55.9 Å². The molecule has 18 heavy (non-hydrogen) atoms. The highest BCUT2D eigenvalue weighted by Gasteiger charge is 2.14. The molecule has 3 N–H and O–H groups in total. The molecular formula is C13H17ClN4. The quantitative estimate of drug-likeness (QED) is 0.657. The average molecular weight is 265 g/mol. The Morgan fingerprint density at radius 2 is 2.22 bits per heavy atom. The molecule has 5 heteroatoms. The minimum absolute atomic E-state index is 0.0357. The van der Waals surface area contributed by atoms with E-state index in [1.165, 1.54) is 0 Å². The molecule has 1 heterocycles. The Labute approximate surface area is 112 Å². The summed E-state index contributed by atoms with van der Waals surface area (Å²) < 4.78 is 1.76. The van der Waals surface area contributed by atoms with E-state index in [2.05, 4.69) is 10.5 Å². The van der Waals surface area contributed by atoms with Gasteiger partial charge in [-0.25, -0.2) is 0 Å². The maximum absolute atomic E-state index is 6.23. The van der Waals surface area contributed by atoms with Crippen molar-refractivity contribution in [3.63, 3.8) is 0 Å². The highest BCUT2D eigenvalue weighted by atomic mass is 35.5. The smallest absolute Gasteiger partial charge is 0.0810 e. The lowest BCUT2D eigenvalue weighted by atomic mass is 10.0. The Morgan fingerprint density at radius 1 is 1.44 bits per heavy atom. The van der Waals surface area contributed by atoms with E-state index >= 15 is 0 Å². The predicted molar refractivity (Wildman–Crippen MR) is 73.2 cm³/mol. The second kappa shape index (κ2) is 5.52. The number of nitrogens with zero attached hydrogens (tertiary/aromatic N) is 2. The van der Waals surface area contributed by atoms with Crippen LogP contribution in [-0.4, -0.2) is 9.78 Å². The Morgan fingerprint density at radius 3 is 2.78 bits per heavy atom. The molecule has 2 rings (SSSR count). The van der Waals surface area contributed by atoms with Crippen LogP contribution in [0, 0.1) is 6.92 Å². The molecule has 4 nitrogen and oxygen atoms in total. The average Bonchev–Trinajstić information content (AvgIpc) is 2.75. The monoisotopic (exact) mass is 264 g/mol. The number of aryl methyl sites for hydroxylation is 2. The van der Waals surface area contributed by atoms with Gasteiger partial charge in [0.25, 0.3) is 0 Å². The van der Waals surface area contributed by atoms with Crippen molar-refractivity contribution in [2.45, 2.75) is 19.4 Å². The molecule has 0 radical (unpaired) electrons. The zero-order valence-corrected chi connectivity index (χ0v) is 11.3. The van der Waals surface area contributed by atoms with Crippen LogP contribution in [0.5, 0.6) is 0 Å². The summed E-state index contributed by atoms with van der Waals surface area (Å²) >= 11 is 6.23. The largest absolute Gasteiger partial charge is 0.275 e. The van der Waals surface area contributed by atoms with E-state index in [4.69, 9.17) is 17.4 Å². The lowest BCUT2D eigenvalue weighted by molar-refractivity contribution is 0.529. The number of hydrogen-bond acceptors (Lipinski definition) is 3. The fourth-order valence-corrected chi connectivity index (χ4v) is 2.22. The third-order valence-corrected chi connectivity index (χ3v) is 3.28. The lowest BCUT2D eigenvalue weighted by Crippen LogP contribution is -2.30. The van der Waals surface area contributed by atoms with E-state index in [9.17, 15) is 0 Å². The molecule has 0 bridgehead atoms. The van der Waals surface area contributed by atoms with Gasteiger partial charge in [0.15, 0.2) is 0 Å². The summed E-state index contributed by atoms with van der Waals surface area (Å²) in [6, 6.07) is 7.96. The van der Waals surface area contributed by atoms with Gasteiger partial charge in [-0.2, -0.15) is 5.10 Å². The number of aromatic nitrogens is 2. The minimum atomic E-state index is -0.0357. The molecule has 0 aliphatic heterocycles. The first-order valence-electron chi connectivity index (χ1n) is 5.81. The van der Waals surface area contributed by atoms with Crippen molar-refractivity contribution in [1.29, 1.82) is 0 Å². The SMILES string of the molecule is Cc1ccc(CC(NN)c2ccn(C)n2)c(Cl)c1. The van der Waals surface area contributed by atoms with Gasteiger partial charge in [0.2, 0.25) is 0 Å². The molecule has 1 aromatic heterocycles. The van der Waals surface area contributed by atoms with Gasteiger partial charge in [-0.1, -0.05) is 23.7 Å². The van der Waals surface area contributed by atoms with Gasteiger partial charge in [-0.05, 0) is 36.6 Å². The number of benzene rings is 1. The second-order valence-corrected chi connectivity index (χ2v) is 4.84. The summed E-state index contributed by atoms with van der Waals surface area (Å²) in [4.78, 5) is 0. The van der Waals surface area contributed by atoms with E-state index in [1.54, 1.807) is 4.68 Å². The Bertz CT molecular complexity index is 536. The number of nitrogens with one attached hydrogen (secondary N) is 1.